The van der Waals surface area contributed by atoms with E-state index in [1.807, 2.05) is 60.7 Å². The van der Waals surface area contributed by atoms with E-state index in [0.29, 0.717) is 22.5 Å². The van der Waals surface area contributed by atoms with Crippen LogP contribution in [0.1, 0.15) is 35.1 Å². The molecular weight excluding hydrogens is 508 g/mol. The zero-order valence-electron chi connectivity index (χ0n) is 22.6. The van der Waals surface area contributed by atoms with Gasteiger partial charge in [0.05, 0.1) is 17.0 Å². The van der Waals surface area contributed by atoms with Gasteiger partial charge in [-0.1, -0.05) is 72.7 Å². The van der Waals surface area contributed by atoms with E-state index in [1.165, 1.54) is 18.4 Å². The minimum Gasteiger partial charge on any atom is -0.354 e. The standard InChI is InChI=1S/C35H30N4O2/c40-32(36-28-11-5-2-6-12-28)20-16-25-15-19-30-31(23-25)38-35(41)33(30)34(27-9-3-1-4-10-27)37-29-17-13-26(14-18-29)24-39-21-7-8-22-39/h1-6,9-15,17-19,23,37H,7-8,21-22,24H2,(H,36,40)(H,38,41)/b34-33-. The number of anilines is 3. The van der Waals surface area contributed by atoms with E-state index in [2.05, 4.69) is 57.0 Å². The van der Waals surface area contributed by atoms with Crippen LogP contribution >= 0.6 is 0 Å². The number of hydrogen-bond acceptors (Lipinski definition) is 4. The van der Waals surface area contributed by atoms with E-state index >= 15 is 0 Å². The molecule has 4 aromatic rings. The summed E-state index contributed by atoms with van der Waals surface area (Å²) in [6.07, 6.45) is 2.55. The zero-order chi connectivity index (χ0) is 28.0. The van der Waals surface area contributed by atoms with E-state index in [-0.39, 0.29) is 5.91 Å². The van der Waals surface area contributed by atoms with Crippen LogP contribution in [0.4, 0.5) is 17.1 Å². The highest BCUT2D eigenvalue weighted by Gasteiger charge is 2.28. The Morgan fingerprint density at radius 2 is 1.49 bits per heavy atom. The van der Waals surface area contributed by atoms with Crippen LogP contribution in [-0.2, 0) is 16.1 Å². The lowest BCUT2D eigenvalue weighted by Gasteiger charge is -2.17. The van der Waals surface area contributed by atoms with E-state index in [0.717, 1.165) is 42.1 Å². The second-order valence-corrected chi connectivity index (χ2v) is 10.2. The van der Waals surface area contributed by atoms with Gasteiger partial charge in [-0.15, -0.1) is 0 Å². The van der Waals surface area contributed by atoms with Gasteiger partial charge in [0.1, 0.15) is 0 Å². The number of carbonyl (C=O) groups excluding carboxylic acids is 2. The average molecular weight is 539 g/mol. The number of fused-ring (bicyclic) bond motifs is 1. The second-order valence-electron chi connectivity index (χ2n) is 10.2. The lowest BCUT2D eigenvalue weighted by atomic mass is 9.99. The van der Waals surface area contributed by atoms with Crippen molar-refractivity contribution in [1.29, 1.82) is 0 Å². The smallest absolute Gasteiger partial charge is 0.300 e. The minimum absolute atomic E-state index is 0.191. The minimum atomic E-state index is -0.400. The van der Waals surface area contributed by atoms with Crippen LogP contribution in [0.25, 0.3) is 11.3 Å². The van der Waals surface area contributed by atoms with E-state index in [9.17, 15) is 9.59 Å². The Balaban J connectivity index is 1.27. The Labute approximate surface area is 240 Å². The van der Waals surface area contributed by atoms with Gasteiger partial charge in [0, 0.05) is 35.0 Å². The summed E-state index contributed by atoms with van der Waals surface area (Å²) in [5, 5.41) is 9.28. The van der Waals surface area contributed by atoms with Crippen LogP contribution in [0, 0.1) is 11.8 Å². The third-order valence-corrected chi connectivity index (χ3v) is 7.26. The van der Waals surface area contributed by atoms with E-state index < -0.39 is 5.91 Å². The summed E-state index contributed by atoms with van der Waals surface area (Å²) in [6, 6.07) is 33.0. The van der Waals surface area contributed by atoms with Gasteiger partial charge in [-0.25, -0.2) is 0 Å². The molecule has 0 bridgehead atoms. The van der Waals surface area contributed by atoms with Crippen LogP contribution in [0.2, 0.25) is 0 Å². The molecule has 6 rings (SSSR count). The highest BCUT2D eigenvalue weighted by molar-refractivity contribution is 6.37. The number of carbonyl (C=O) groups is 2. The Kier molecular flexibility index (Phi) is 7.61. The van der Waals surface area contributed by atoms with Crippen molar-refractivity contribution in [3.63, 3.8) is 0 Å². The van der Waals surface area contributed by atoms with Crippen LogP contribution in [-0.4, -0.2) is 29.8 Å². The van der Waals surface area contributed by atoms with E-state index in [1.54, 1.807) is 18.2 Å². The SMILES string of the molecule is O=C(C#Cc1ccc2c(c1)NC(=O)/C2=C(\Nc1ccc(CN2CCCC2)cc1)c1ccccc1)Nc1ccccc1. The largest absolute Gasteiger partial charge is 0.354 e. The molecule has 2 aliphatic rings. The van der Waals surface area contributed by atoms with Crippen LogP contribution in [0.15, 0.2) is 103 Å². The number of hydrogen-bond donors (Lipinski definition) is 3. The monoisotopic (exact) mass is 538 g/mol. The number of para-hydroxylation sites is 1. The van der Waals surface area contributed by atoms with Crippen LogP contribution in [0.3, 0.4) is 0 Å². The molecule has 0 spiro atoms. The first-order valence-electron chi connectivity index (χ1n) is 13.8. The van der Waals surface area contributed by atoms with Crippen molar-refractivity contribution in [3.8, 4) is 11.8 Å². The second kappa shape index (κ2) is 12.0. The maximum absolute atomic E-state index is 13.3. The van der Waals surface area contributed by atoms with Gasteiger partial charge in [-0.05, 0) is 73.5 Å². The molecule has 2 amide bonds. The number of rotatable bonds is 6. The van der Waals surface area contributed by atoms with Gasteiger partial charge < -0.3 is 16.0 Å². The highest BCUT2D eigenvalue weighted by Crippen LogP contribution is 2.38. The molecule has 6 heteroatoms. The molecule has 41 heavy (non-hydrogen) atoms. The van der Waals surface area contributed by atoms with Crippen LogP contribution in [0.5, 0.6) is 0 Å². The highest BCUT2D eigenvalue weighted by atomic mass is 16.2. The summed E-state index contributed by atoms with van der Waals surface area (Å²) in [7, 11) is 0. The predicted octanol–water partition coefficient (Wildman–Crippen LogP) is 6.21. The summed E-state index contributed by atoms with van der Waals surface area (Å²) in [5.41, 5.74) is 7.16. The lowest BCUT2D eigenvalue weighted by Crippen LogP contribution is -2.18. The first-order chi connectivity index (χ1) is 20.1. The van der Waals surface area contributed by atoms with Gasteiger partial charge in [0.25, 0.3) is 5.91 Å². The molecule has 1 saturated heterocycles. The summed E-state index contributed by atoms with van der Waals surface area (Å²) in [5.74, 6) is 4.95. The fourth-order valence-corrected chi connectivity index (χ4v) is 5.23. The van der Waals surface area contributed by atoms with Crippen molar-refractivity contribution in [2.75, 3.05) is 29.0 Å². The number of benzene rings is 4. The van der Waals surface area contributed by atoms with Crippen molar-refractivity contribution in [2.45, 2.75) is 19.4 Å². The Morgan fingerprint density at radius 3 is 2.22 bits per heavy atom. The normalized spacial score (nSPS) is 15.4. The maximum Gasteiger partial charge on any atom is 0.300 e. The third kappa shape index (κ3) is 6.22. The van der Waals surface area contributed by atoms with E-state index in [4.69, 9.17) is 0 Å². The molecule has 0 aromatic heterocycles. The topological polar surface area (TPSA) is 73.5 Å². The lowest BCUT2D eigenvalue weighted by molar-refractivity contribution is -0.111. The Bertz CT molecular complexity index is 1660. The van der Waals surface area contributed by atoms with Gasteiger partial charge in [-0.2, -0.15) is 0 Å². The molecular formula is C35H30N4O2. The molecule has 0 radical (unpaired) electrons. The Morgan fingerprint density at radius 1 is 0.805 bits per heavy atom. The zero-order valence-corrected chi connectivity index (χ0v) is 22.6. The van der Waals surface area contributed by atoms with Crippen LogP contribution < -0.4 is 16.0 Å². The number of nitrogens with one attached hydrogen (secondary N) is 3. The van der Waals surface area contributed by atoms with Gasteiger partial charge in [0.2, 0.25) is 0 Å². The van der Waals surface area contributed by atoms with Crippen molar-refractivity contribution in [3.05, 3.63) is 125 Å². The predicted molar refractivity (Wildman–Crippen MR) is 165 cm³/mol. The molecule has 2 aliphatic heterocycles. The molecule has 0 saturated carbocycles. The maximum atomic E-state index is 13.3. The van der Waals surface area contributed by atoms with Gasteiger partial charge >= 0.3 is 5.91 Å². The molecule has 1 fully saturated rings. The average Bonchev–Trinajstić information content (AvgIpc) is 3.63. The number of amides is 2. The van der Waals surface area contributed by atoms with Gasteiger partial charge in [-0.3, -0.25) is 14.5 Å². The molecule has 0 aliphatic carbocycles. The van der Waals surface area contributed by atoms with Crippen molar-refractivity contribution in [1.82, 2.24) is 4.90 Å². The molecule has 0 unspecified atom stereocenters. The third-order valence-electron chi connectivity index (χ3n) is 7.26. The number of likely N-dealkylation sites (tertiary alicyclic amines) is 1. The fraction of sp³-hybridized carbons (Fsp3) is 0.143. The quantitative estimate of drug-likeness (QED) is 0.202. The van der Waals surface area contributed by atoms with Crippen molar-refractivity contribution < 1.29 is 9.59 Å². The molecule has 3 N–H and O–H groups in total. The summed E-state index contributed by atoms with van der Waals surface area (Å²) >= 11 is 0. The first-order valence-corrected chi connectivity index (χ1v) is 13.8. The molecule has 4 aromatic carbocycles. The molecule has 2 heterocycles. The number of nitrogens with zero attached hydrogens (tertiary/aromatic N) is 1. The molecule has 6 nitrogen and oxygen atoms in total. The summed E-state index contributed by atoms with van der Waals surface area (Å²) in [4.78, 5) is 28.1. The fourth-order valence-electron chi connectivity index (χ4n) is 5.23. The van der Waals surface area contributed by atoms with Crippen molar-refractivity contribution in [2.24, 2.45) is 0 Å². The van der Waals surface area contributed by atoms with Crippen molar-refractivity contribution >= 4 is 40.1 Å². The first kappa shape index (κ1) is 26.1. The summed E-state index contributed by atoms with van der Waals surface area (Å²) < 4.78 is 0. The Hall–Kier alpha value is -5.12. The van der Waals surface area contributed by atoms with Gasteiger partial charge in [0.15, 0.2) is 0 Å². The molecule has 202 valence electrons. The molecule has 0 atom stereocenters. The summed E-state index contributed by atoms with van der Waals surface area (Å²) in [6.45, 7) is 3.28.